The molecule has 5 rings (SSSR count). The van der Waals surface area contributed by atoms with Crippen LogP contribution in [0.5, 0.6) is 0 Å². The zero-order valence-electron chi connectivity index (χ0n) is 21.8. The van der Waals surface area contributed by atoms with Crippen molar-refractivity contribution in [3.63, 3.8) is 0 Å². The fourth-order valence-electron chi connectivity index (χ4n) is 5.59. The minimum absolute atomic E-state index is 0.0233. The first-order chi connectivity index (χ1) is 18.3. The summed E-state index contributed by atoms with van der Waals surface area (Å²) in [5.74, 6) is -1.23. The number of carbonyl (C=O) groups is 2. The maximum Gasteiger partial charge on any atom is 0.416 e. The highest BCUT2D eigenvalue weighted by molar-refractivity contribution is 6.00. The molecule has 206 valence electrons. The molecule has 0 spiro atoms. The molecule has 1 fully saturated rings. The van der Waals surface area contributed by atoms with Crippen LogP contribution in [0, 0.1) is 17.2 Å². The van der Waals surface area contributed by atoms with Gasteiger partial charge in [-0.1, -0.05) is 0 Å². The summed E-state index contributed by atoms with van der Waals surface area (Å²) in [6.07, 6.45) is -1.63. The Bertz CT molecular complexity index is 1410. The van der Waals surface area contributed by atoms with Crippen molar-refractivity contribution in [1.29, 1.82) is 0 Å². The molecular weight excluding hydrogens is 516 g/mol. The first-order valence-electron chi connectivity index (χ1n) is 12.6. The van der Waals surface area contributed by atoms with Crippen LogP contribution in [0.15, 0.2) is 48.8 Å². The third-order valence-corrected chi connectivity index (χ3v) is 7.40. The van der Waals surface area contributed by atoms with Crippen molar-refractivity contribution in [2.24, 2.45) is 11.3 Å². The van der Waals surface area contributed by atoms with Gasteiger partial charge in [0.25, 0.3) is 0 Å². The largest absolute Gasteiger partial charge is 0.444 e. The van der Waals surface area contributed by atoms with Crippen molar-refractivity contribution in [3.05, 3.63) is 77.1 Å². The SMILES string of the molecule is CC(C)(C)OC(=O)N1CCC2Cc3c(cnn3-c3ccc(F)cc3)CC2(C(=O)c2cc(C(F)(F)F)ccn2)C1. The van der Waals surface area contributed by atoms with Gasteiger partial charge >= 0.3 is 12.3 Å². The van der Waals surface area contributed by atoms with Crippen LogP contribution in [0.2, 0.25) is 0 Å². The third kappa shape index (κ3) is 5.14. The van der Waals surface area contributed by atoms with E-state index in [4.69, 9.17) is 4.74 Å². The number of nitrogens with zero attached hydrogens (tertiary/aromatic N) is 4. The summed E-state index contributed by atoms with van der Waals surface area (Å²) in [6, 6.07) is 7.47. The number of hydrogen-bond donors (Lipinski definition) is 0. The number of Topliss-reactive ketones (excluding diaryl/α,β-unsaturated/α-hetero) is 1. The zero-order chi connectivity index (χ0) is 28.2. The van der Waals surface area contributed by atoms with E-state index in [2.05, 4.69) is 10.1 Å². The lowest BCUT2D eigenvalue weighted by atomic mass is 9.60. The predicted molar refractivity (Wildman–Crippen MR) is 133 cm³/mol. The molecule has 1 aliphatic heterocycles. The normalized spacial score (nSPS) is 21.2. The van der Waals surface area contributed by atoms with Crippen LogP contribution >= 0.6 is 0 Å². The fraction of sp³-hybridized carbons (Fsp3) is 0.429. The molecule has 3 aromatic rings. The van der Waals surface area contributed by atoms with E-state index in [0.29, 0.717) is 25.1 Å². The number of amides is 1. The first-order valence-corrected chi connectivity index (χ1v) is 12.6. The van der Waals surface area contributed by atoms with Crippen molar-refractivity contribution in [1.82, 2.24) is 19.7 Å². The Morgan fingerprint density at radius 1 is 1.10 bits per heavy atom. The van der Waals surface area contributed by atoms with E-state index in [9.17, 15) is 27.2 Å². The second-order valence-electron chi connectivity index (χ2n) is 11.2. The zero-order valence-corrected chi connectivity index (χ0v) is 21.8. The van der Waals surface area contributed by atoms with Gasteiger partial charge in [0, 0.05) is 25.0 Å². The lowest BCUT2D eigenvalue weighted by molar-refractivity contribution is -0.137. The molecule has 1 aromatic carbocycles. The number of hydrogen-bond acceptors (Lipinski definition) is 5. The van der Waals surface area contributed by atoms with E-state index >= 15 is 0 Å². The lowest BCUT2D eigenvalue weighted by Crippen LogP contribution is -2.58. The molecule has 2 atom stereocenters. The molecule has 0 bridgehead atoms. The second-order valence-corrected chi connectivity index (χ2v) is 11.2. The summed E-state index contributed by atoms with van der Waals surface area (Å²) < 4.78 is 61.2. The standard InChI is InChI=1S/C28H28F4N4O3/c1-26(2,3)39-25(38)35-11-9-18-13-23-17(15-34-36(23)21-6-4-20(29)5-7-21)14-27(18,16-35)24(37)22-12-19(8-10-33-22)28(30,31)32/h4-8,10,12,15,18H,9,11,13-14,16H2,1-3H3. The summed E-state index contributed by atoms with van der Waals surface area (Å²) in [5, 5.41) is 4.48. The highest BCUT2D eigenvalue weighted by Crippen LogP contribution is 2.48. The van der Waals surface area contributed by atoms with Gasteiger partial charge < -0.3 is 9.64 Å². The van der Waals surface area contributed by atoms with Gasteiger partial charge in [0.05, 0.1) is 22.9 Å². The monoisotopic (exact) mass is 544 g/mol. The summed E-state index contributed by atoms with van der Waals surface area (Å²) in [6.45, 7) is 5.51. The maximum atomic E-state index is 14.1. The Kier molecular flexibility index (Phi) is 6.51. The number of fused-ring (bicyclic) bond motifs is 2. The number of rotatable bonds is 3. The topological polar surface area (TPSA) is 77.3 Å². The van der Waals surface area contributed by atoms with E-state index in [-0.39, 0.29) is 30.4 Å². The highest BCUT2D eigenvalue weighted by atomic mass is 19.4. The Balaban J connectivity index is 1.56. The molecule has 0 N–H and O–H groups in total. The Morgan fingerprint density at radius 3 is 2.49 bits per heavy atom. The average molecular weight is 545 g/mol. The van der Waals surface area contributed by atoms with Crippen molar-refractivity contribution in [3.8, 4) is 5.69 Å². The summed E-state index contributed by atoms with van der Waals surface area (Å²) in [7, 11) is 0. The number of ether oxygens (including phenoxy) is 1. The predicted octanol–water partition coefficient (Wildman–Crippen LogP) is 5.65. The van der Waals surface area contributed by atoms with Crippen LogP contribution in [0.3, 0.4) is 0 Å². The molecule has 1 saturated heterocycles. The molecule has 2 unspecified atom stereocenters. The molecule has 1 aliphatic carbocycles. The van der Waals surface area contributed by atoms with Gasteiger partial charge in [-0.15, -0.1) is 0 Å². The van der Waals surface area contributed by atoms with Gasteiger partial charge in [0.2, 0.25) is 0 Å². The Labute approximate surface area is 222 Å². The molecule has 7 nitrogen and oxygen atoms in total. The van der Waals surface area contributed by atoms with E-state index < -0.39 is 34.6 Å². The van der Waals surface area contributed by atoms with E-state index in [1.807, 2.05) is 0 Å². The van der Waals surface area contributed by atoms with Crippen LogP contribution in [0.4, 0.5) is 22.4 Å². The van der Waals surface area contributed by atoms with Gasteiger partial charge in [-0.2, -0.15) is 18.3 Å². The third-order valence-electron chi connectivity index (χ3n) is 7.40. The van der Waals surface area contributed by atoms with E-state index in [1.165, 1.54) is 17.0 Å². The number of halogens is 4. The Hall–Kier alpha value is -3.76. The number of benzene rings is 1. The molecule has 39 heavy (non-hydrogen) atoms. The summed E-state index contributed by atoms with van der Waals surface area (Å²) in [5.41, 5.74) is -1.01. The van der Waals surface area contributed by atoms with Gasteiger partial charge in [-0.3, -0.25) is 9.78 Å². The van der Waals surface area contributed by atoms with Crippen LogP contribution in [-0.2, 0) is 23.8 Å². The van der Waals surface area contributed by atoms with Crippen molar-refractivity contribution < 1.29 is 31.9 Å². The van der Waals surface area contributed by atoms with E-state index in [0.717, 1.165) is 29.6 Å². The van der Waals surface area contributed by atoms with Gasteiger partial charge in [0.15, 0.2) is 5.78 Å². The lowest BCUT2D eigenvalue weighted by Gasteiger charge is -2.49. The molecule has 2 aliphatic rings. The quantitative estimate of drug-likeness (QED) is 0.315. The first kappa shape index (κ1) is 26.8. The Morgan fingerprint density at radius 2 is 1.82 bits per heavy atom. The van der Waals surface area contributed by atoms with Crippen LogP contribution in [0.1, 0.15) is 54.5 Å². The number of pyridine rings is 1. The van der Waals surface area contributed by atoms with Gasteiger partial charge in [-0.05, 0) is 87.9 Å². The number of ketones is 1. The molecule has 0 radical (unpaired) electrons. The van der Waals surface area contributed by atoms with Crippen molar-refractivity contribution in [2.45, 2.75) is 51.8 Å². The summed E-state index contributed by atoms with van der Waals surface area (Å²) in [4.78, 5) is 32.6. The van der Waals surface area contributed by atoms with Gasteiger partial charge in [-0.25, -0.2) is 13.9 Å². The van der Waals surface area contributed by atoms with E-state index in [1.54, 1.807) is 43.8 Å². The van der Waals surface area contributed by atoms with Crippen LogP contribution in [0.25, 0.3) is 5.69 Å². The van der Waals surface area contributed by atoms with Crippen LogP contribution < -0.4 is 0 Å². The fourth-order valence-corrected chi connectivity index (χ4v) is 5.59. The minimum atomic E-state index is -4.64. The number of carbonyl (C=O) groups excluding carboxylic acids is 2. The molecule has 0 saturated carbocycles. The highest BCUT2D eigenvalue weighted by Gasteiger charge is 2.54. The second kappa shape index (κ2) is 9.46. The smallest absolute Gasteiger partial charge is 0.416 e. The number of piperidine rings is 1. The van der Waals surface area contributed by atoms with Crippen molar-refractivity contribution >= 4 is 11.9 Å². The number of likely N-dealkylation sites (tertiary alicyclic amines) is 1. The van der Waals surface area contributed by atoms with Crippen molar-refractivity contribution in [2.75, 3.05) is 13.1 Å². The molecule has 11 heteroatoms. The minimum Gasteiger partial charge on any atom is -0.444 e. The molecule has 3 heterocycles. The molecule has 2 aromatic heterocycles. The van der Waals surface area contributed by atoms with Gasteiger partial charge in [0.1, 0.15) is 17.1 Å². The molecule has 1 amide bonds. The average Bonchev–Trinajstić information content (AvgIpc) is 3.27. The number of aromatic nitrogens is 3. The molecular formula is C28H28F4N4O3. The maximum absolute atomic E-state index is 14.1. The van der Waals surface area contributed by atoms with Crippen LogP contribution in [-0.4, -0.2) is 50.2 Å². The number of alkyl halides is 3. The summed E-state index contributed by atoms with van der Waals surface area (Å²) >= 11 is 0.